The highest BCUT2D eigenvalue weighted by atomic mass is 32.2. The average molecular weight is 497 g/mol. The van der Waals surface area contributed by atoms with Gasteiger partial charge in [-0.15, -0.1) is 5.10 Å². The maximum absolute atomic E-state index is 12.7. The number of ether oxygens (including phenoxy) is 1. The van der Waals surface area contributed by atoms with Gasteiger partial charge in [0.2, 0.25) is 5.16 Å². The second-order valence-corrected chi connectivity index (χ2v) is 9.23. The Hall–Kier alpha value is -3.47. The van der Waals surface area contributed by atoms with Crippen LogP contribution in [0.4, 0.5) is 5.69 Å². The van der Waals surface area contributed by atoms with Crippen molar-refractivity contribution in [2.45, 2.75) is 57.1 Å². The van der Waals surface area contributed by atoms with Crippen LogP contribution in [0.25, 0.3) is 5.78 Å². The van der Waals surface area contributed by atoms with E-state index in [1.165, 1.54) is 11.8 Å². The second-order valence-electron chi connectivity index (χ2n) is 8.46. The van der Waals surface area contributed by atoms with Crippen molar-refractivity contribution in [3.8, 4) is 0 Å². The van der Waals surface area contributed by atoms with Crippen LogP contribution in [0.15, 0.2) is 29.4 Å². The Morgan fingerprint density at radius 3 is 2.63 bits per heavy atom. The Kier molecular flexibility index (Phi) is 7.64. The summed E-state index contributed by atoms with van der Waals surface area (Å²) < 4.78 is 6.81. The average Bonchev–Trinajstić information content (AvgIpc) is 3.50. The minimum Gasteiger partial charge on any atom is -0.455 e. The van der Waals surface area contributed by atoms with Crippen LogP contribution in [0, 0.1) is 13.8 Å². The van der Waals surface area contributed by atoms with Gasteiger partial charge in [-0.25, -0.2) is 9.50 Å². The first kappa shape index (κ1) is 24.6. The first-order chi connectivity index (χ1) is 16.9. The van der Waals surface area contributed by atoms with Gasteiger partial charge in [-0.2, -0.15) is 4.98 Å². The normalized spacial score (nSPS) is 13.7. The van der Waals surface area contributed by atoms with Crippen molar-refractivity contribution in [2.75, 3.05) is 18.2 Å². The Morgan fingerprint density at radius 1 is 1.14 bits per heavy atom. The number of thioether (sulfide) groups is 1. The van der Waals surface area contributed by atoms with Crippen LogP contribution in [0.2, 0.25) is 0 Å². The number of esters is 1. The van der Waals surface area contributed by atoms with Crippen LogP contribution in [0.5, 0.6) is 0 Å². The van der Waals surface area contributed by atoms with Gasteiger partial charge in [-0.05, 0) is 45.1 Å². The SMILES string of the molecule is CSc1nc2nc(C)c(CC(=O)OCC(=O)Nc3ccccc3C(=O)NC3CCCC3)c(C)n2n1. The third-order valence-corrected chi connectivity index (χ3v) is 6.57. The summed E-state index contributed by atoms with van der Waals surface area (Å²) in [5, 5.41) is 10.7. The molecule has 0 radical (unpaired) electrons. The van der Waals surface area contributed by atoms with Crippen molar-refractivity contribution >= 4 is 41.0 Å². The maximum Gasteiger partial charge on any atom is 0.310 e. The lowest BCUT2D eigenvalue weighted by molar-refractivity contribution is -0.146. The van der Waals surface area contributed by atoms with Crippen molar-refractivity contribution in [3.05, 3.63) is 46.8 Å². The van der Waals surface area contributed by atoms with E-state index in [-0.39, 0.29) is 18.4 Å². The molecule has 1 aliphatic rings. The van der Waals surface area contributed by atoms with Crippen LogP contribution >= 0.6 is 11.8 Å². The first-order valence-corrected chi connectivity index (χ1v) is 12.7. The number of carbonyl (C=O) groups excluding carboxylic acids is 3. The molecule has 184 valence electrons. The minimum absolute atomic E-state index is 0.0528. The summed E-state index contributed by atoms with van der Waals surface area (Å²) in [5.74, 6) is -0.847. The highest BCUT2D eigenvalue weighted by Crippen LogP contribution is 2.21. The number of nitrogens with zero attached hydrogens (tertiary/aromatic N) is 4. The van der Waals surface area contributed by atoms with Crippen LogP contribution in [0.1, 0.15) is 53.0 Å². The van der Waals surface area contributed by atoms with Gasteiger partial charge in [0, 0.05) is 23.0 Å². The van der Waals surface area contributed by atoms with Crippen molar-refractivity contribution in [2.24, 2.45) is 0 Å². The van der Waals surface area contributed by atoms with E-state index in [4.69, 9.17) is 4.74 Å². The molecule has 2 heterocycles. The molecule has 0 unspecified atom stereocenters. The fourth-order valence-corrected chi connectivity index (χ4v) is 4.52. The molecule has 0 saturated heterocycles. The van der Waals surface area contributed by atoms with Crippen molar-refractivity contribution in [1.29, 1.82) is 0 Å². The summed E-state index contributed by atoms with van der Waals surface area (Å²) in [5.41, 5.74) is 2.82. The van der Waals surface area contributed by atoms with Gasteiger partial charge >= 0.3 is 5.97 Å². The molecular weight excluding hydrogens is 468 g/mol. The highest BCUT2D eigenvalue weighted by Gasteiger charge is 2.21. The molecule has 4 rings (SSSR count). The lowest BCUT2D eigenvalue weighted by Gasteiger charge is -2.15. The van der Waals surface area contributed by atoms with Crippen molar-refractivity contribution < 1.29 is 19.1 Å². The van der Waals surface area contributed by atoms with Crippen LogP contribution < -0.4 is 10.6 Å². The highest BCUT2D eigenvalue weighted by molar-refractivity contribution is 7.98. The number of rotatable bonds is 8. The van der Waals surface area contributed by atoms with Crippen molar-refractivity contribution in [3.63, 3.8) is 0 Å². The summed E-state index contributed by atoms with van der Waals surface area (Å²) in [6, 6.07) is 6.95. The molecule has 0 bridgehead atoms. The maximum atomic E-state index is 12.7. The molecule has 35 heavy (non-hydrogen) atoms. The van der Waals surface area contributed by atoms with E-state index in [0.29, 0.717) is 33.4 Å². The monoisotopic (exact) mass is 496 g/mol. The zero-order chi connectivity index (χ0) is 24.9. The molecule has 11 heteroatoms. The Bertz CT molecular complexity index is 1270. The van der Waals surface area contributed by atoms with Gasteiger partial charge in [-0.3, -0.25) is 14.4 Å². The topological polar surface area (TPSA) is 128 Å². The molecule has 10 nitrogen and oxygen atoms in total. The summed E-state index contributed by atoms with van der Waals surface area (Å²) in [4.78, 5) is 46.4. The first-order valence-electron chi connectivity index (χ1n) is 11.5. The van der Waals surface area contributed by atoms with E-state index in [9.17, 15) is 14.4 Å². The number of fused-ring (bicyclic) bond motifs is 1. The molecule has 1 aliphatic carbocycles. The third-order valence-electron chi connectivity index (χ3n) is 6.03. The van der Waals surface area contributed by atoms with E-state index < -0.39 is 18.5 Å². The number of aryl methyl sites for hydroxylation is 2. The summed E-state index contributed by atoms with van der Waals surface area (Å²) in [6.45, 7) is 3.16. The minimum atomic E-state index is -0.565. The number of hydrogen-bond donors (Lipinski definition) is 2. The van der Waals surface area contributed by atoms with Crippen LogP contribution in [-0.2, 0) is 20.7 Å². The molecule has 1 aromatic carbocycles. The second kappa shape index (κ2) is 10.9. The number of benzene rings is 1. The molecule has 0 atom stereocenters. The fraction of sp³-hybridized carbons (Fsp3) is 0.417. The number of para-hydroxylation sites is 1. The lowest BCUT2D eigenvalue weighted by atomic mass is 10.1. The Morgan fingerprint density at radius 2 is 1.89 bits per heavy atom. The third kappa shape index (κ3) is 5.79. The van der Waals surface area contributed by atoms with Gasteiger partial charge in [0.15, 0.2) is 6.61 Å². The summed E-state index contributed by atoms with van der Waals surface area (Å²) >= 11 is 1.41. The number of amides is 2. The van der Waals surface area contributed by atoms with E-state index >= 15 is 0 Å². The zero-order valence-electron chi connectivity index (χ0n) is 20.0. The van der Waals surface area contributed by atoms with E-state index in [1.54, 1.807) is 35.7 Å². The number of nitrogens with one attached hydrogen (secondary N) is 2. The molecule has 0 spiro atoms. The molecule has 0 aliphatic heterocycles. The van der Waals surface area contributed by atoms with Gasteiger partial charge < -0.3 is 15.4 Å². The Labute approximate surface area is 207 Å². The summed E-state index contributed by atoms with van der Waals surface area (Å²) in [6.07, 6.45) is 5.97. The molecule has 3 aromatic rings. The predicted octanol–water partition coefficient (Wildman–Crippen LogP) is 2.86. The standard InChI is InChI=1S/C24H28N6O4S/c1-14-18(15(2)30-23(25-14)28-24(29-30)35-3)12-21(32)34-13-20(31)27-19-11-7-6-10-17(19)22(33)26-16-8-4-5-9-16/h6-7,10-11,16H,4-5,8-9,12-13H2,1-3H3,(H,26,33)(H,27,31). The van der Waals surface area contributed by atoms with Crippen molar-refractivity contribution in [1.82, 2.24) is 24.9 Å². The van der Waals surface area contributed by atoms with E-state index in [2.05, 4.69) is 25.7 Å². The molecule has 2 amide bonds. The number of anilines is 1. The van der Waals surface area contributed by atoms with Gasteiger partial charge in [0.05, 0.1) is 17.7 Å². The molecule has 1 fully saturated rings. The number of aromatic nitrogens is 4. The van der Waals surface area contributed by atoms with Crippen LogP contribution in [-0.4, -0.2) is 56.3 Å². The van der Waals surface area contributed by atoms with E-state index in [1.807, 2.05) is 13.2 Å². The molecule has 2 aromatic heterocycles. The van der Waals surface area contributed by atoms with E-state index in [0.717, 1.165) is 31.4 Å². The van der Waals surface area contributed by atoms with Gasteiger partial charge in [0.25, 0.3) is 17.6 Å². The number of hydrogen-bond acceptors (Lipinski definition) is 8. The lowest BCUT2D eigenvalue weighted by Crippen LogP contribution is -2.33. The smallest absolute Gasteiger partial charge is 0.310 e. The quantitative estimate of drug-likeness (QED) is 0.360. The molecule has 1 saturated carbocycles. The number of carbonyl (C=O) groups is 3. The summed E-state index contributed by atoms with van der Waals surface area (Å²) in [7, 11) is 0. The molecule has 2 N–H and O–H groups in total. The predicted molar refractivity (Wildman–Crippen MR) is 131 cm³/mol. The largest absolute Gasteiger partial charge is 0.455 e. The van der Waals surface area contributed by atoms with Gasteiger partial charge in [0.1, 0.15) is 0 Å². The van der Waals surface area contributed by atoms with Gasteiger partial charge in [-0.1, -0.05) is 36.7 Å². The van der Waals surface area contributed by atoms with Crippen LogP contribution in [0.3, 0.4) is 0 Å². The Balaban J connectivity index is 1.36. The molecular formula is C24H28N6O4S. The zero-order valence-corrected chi connectivity index (χ0v) is 20.8. The fourth-order valence-electron chi connectivity index (χ4n) is 4.18.